The fraction of sp³-hybridized carbons (Fsp3) is 0.625. The van der Waals surface area contributed by atoms with Gasteiger partial charge in [-0.1, -0.05) is 13.8 Å². The van der Waals surface area contributed by atoms with Crippen LogP contribution in [-0.2, 0) is 6.54 Å². The zero-order valence-corrected chi connectivity index (χ0v) is 10.4. The van der Waals surface area contributed by atoms with Gasteiger partial charge >= 0.3 is 0 Å². The molecule has 0 amide bonds. The summed E-state index contributed by atoms with van der Waals surface area (Å²) in [6, 6.07) is 1.96. The summed E-state index contributed by atoms with van der Waals surface area (Å²) in [4.78, 5) is 0. The first-order chi connectivity index (χ1) is 5.59. The molecular formula is C8H12Br2N2. The van der Waals surface area contributed by atoms with E-state index in [2.05, 4.69) is 50.8 Å². The topological polar surface area (TPSA) is 17.8 Å². The molecule has 0 radical (unpaired) electrons. The smallest absolute Gasteiger partial charge is 0.129 e. The van der Waals surface area contributed by atoms with Crippen LogP contribution in [-0.4, -0.2) is 9.78 Å². The van der Waals surface area contributed by atoms with Crippen LogP contribution in [0.4, 0.5) is 0 Å². The quantitative estimate of drug-likeness (QED) is 0.835. The van der Waals surface area contributed by atoms with Crippen molar-refractivity contribution in [1.29, 1.82) is 0 Å². The highest BCUT2D eigenvalue weighted by Gasteiger charge is 2.03. The number of nitrogens with zero attached hydrogens (tertiary/aromatic N) is 2. The third-order valence-corrected chi connectivity index (χ3v) is 2.65. The predicted molar refractivity (Wildman–Crippen MR) is 57.1 cm³/mol. The lowest BCUT2D eigenvalue weighted by atomic mass is 10.1. The van der Waals surface area contributed by atoms with Crippen molar-refractivity contribution in [2.45, 2.75) is 26.8 Å². The van der Waals surface area contributed by atoms with Gasteiger partial charge in [-0.3, -0.25) is 4.68 Å². The van der Waals surface area contributed by atoms with Crippen LogP contribution in [0.1, 0.15) is 20.3 Å². The number of rotatable bonds is 3. The minimum Gasteiger partial charge on any atom is -0.257 e. The van der Waals surface area contributed by atoms with Gasteiger partial charge in [-0.25, -0.2) is 0 Å². The van der Waals surface area contributed by atoms with Crippen molar-refractivity contribution < 1.29 is 0 Å². The molecule has 4 heteroatoms. The summed E-state index contributed by atoms with van der Waals surface area (Å²) in [5.74, 6) is 0.722. The summed E-state index contributed by atoms with van der Waals surface area (Å²) in [6.45, 7) is 5.41. The molecule has 0 spiro atoms. The summed E-state index contributed by atoms with van der Waals surface area (Å²) in [5, 5.41) is 4.27. The van der Waals surface area contributed by atoms with Crippen molar-refractivity contribution in [2.75, 3.05) is 0 Å². The van der Waals surface area contributed by atoms with Gasteiger partial charge in [-0.05, 0) is 44.2 Å². The molecule has 0 bridgehead atoms. The highest BCUT2D eigenvalue weighted by molar-refractivity contribution is 9.11. The lowest BCUT2D eigenvalue weighted by Gasteiger charge is -2.05. The van der Waals surface area contributed by atoms with Gasteiger partial charge in [0.1, 0.15) is 9.21 Å². The molecule has 0 saturated heterocycles. The summed E-state index contributed by atoms with van der Waals surface area (Å²) >= 11 is 6.77. The molecule has 0 aromatic carbocycles. The van der Waals surface area contributed by atoms with Crippen molar-refractivity contribution in [3.8, 4) is 0 Å². The molecule has 0 aliphatic carbocycles. The molecule has 1 aromatic rings. The van der Waals surface area contributed by atoms with Gasteiger partial charge in [-0.2, -0.15) is 5.10 Å². The molecule has 0 saturated carbocycles. The molecule has 12 heavy (non-hydrogen) atoms. The lowest BCUT2D eigenvalue weighted by molar-refractivity contribution is 0.480. The predicted octanol–water partition coefficient (Wildman–Crippen LogP) is 3.45. The first-order valence-electron chi connectivity index (χ1n) is 3.98. The first kappa shape index (κ1) is 10.3. The van der Waals surface area contributed by atoms with Gasteiger partial charge in [0.05, 0.1) is 0 Å². The summed E-state index contributed by atoms with van der Waals surface area (Å²) in [6.07, 6.45) is 1.16. The second-order valence-electron chi connectivity index (χ2n) is 3.20. The van der Waals surface area contributed by atoms with Crippen LogP contribution in [0.5, 0.6) is 0 Å². The monoisotopic (exact) mass is 294 g/mol. The Labute approximate surface area is 89.6 Å². The Morgan fingerprint density at radius 2 is 2.17 bits per heavy atom. The van der Waals surface area contributed by atoms with Gasteiger partial charge in [0.15, 0.2) is 0 Å². The van der Waals surface area contributed by atoms with E-state index >= 15 is 0 Å². The number of hydrogen-bond acceptors (Lipinski definition) is 1. The van der Waals surface area contributed by atoms with Gasteiger partial charge < -0.3 is 0 Å². The average Bonchev–Trinajstić information content (AvgIpc) is 2.26. The Hall–Kier alpha value is 0.170. The van der Waals surface area contributed by atoms with Crippen LogP contribution in [0.15, 0.2) is 15.3 Å². The van der Waals surface area contributed by atoms with Crippen LogP contribution in [0.3, 0.4) is 0 Å². The molecule has 1 aromatic heterocycles. The number of aromatic nitrogens is 2. The maximum atomic E-state index is 4.27. The van der Waals surface area contributed by atoms with Crippen LogP contribution in [0.25, 0.3) is 0 Å². The zero-order chi connectivity index (χ0) is 9.14. The molecule has 0 aliphatic rings. The van der Waals surface area contributed by atoms with Crippen molar-refractivity contribution >= 4 is 31.9 Å². The van der Waals surface area contributed by atoms with E-state index < -0.39 is 0 Å². The van der Waals surface area contributed by atoms with Gasteiger partial charge in [-0.15, -0.1) is 0 Å². The Kier molecular flexibility index (Phi) is 3.77. The molecule has 0 aliphatic heterocycles. The Morgan fingerprint density at radius 3 is 2.58 bits per heavy atom. The van der Waals surface area contributed by atoms with E-state index in [0.717, 1.165) is 28.1 Å². The second kappa shape index (κ2) is 4.42. The highest BCUT2D eigenvalue weighted by atomic mass is 79.9. The first-order valence-corrected chi connectivity index (χ1v) is 5.57. The standard InChI is InChI=1S/C8H12Br2N2/c1-6(2)3-4-12-8(10)5-7(9)11-12/h5-6H,3-4H2,1-2H3. The maximum Gasteiger partial charge on any atom is 0.129 e. The average molecular weight is 296 g/mol. The normalized spacial score (nSPS) is 11.1. The lowest BCUT2D eigenvalue weighted by Crippen LogP contribution is -2.03. The maximum absolute atomic E-state index is 4.27. The van der Waals surface area contributed by atoms with Crippen LogP contribution in [0, 0.1) is 5.92 Å². The van der Waals surface area contributed by atoms with Crippen molar-refractivity contribution in [3.05, 3.63) is 15.3 Å². The number of halogens is 2. The molecule has 0 atom stereocenters. The van der Waals surface area contributed by atoms with Crippen LogP contribution < -0.4 is 0 Å². The van der Waals surface area contributed by atoms with E-state index in [0.29, 0.717) is 0 Å². The Balaban J connectivity index is 2.57. The summed E-state index contributed by atoms with van der Waals surface area (Å²) in [5.41, 5.74) is 0. The molecule has 0 N–H and O–H groups in total. The van der Waals surface area contributed by atoms with E-state index in [1.165, 1.54) is 0 Å². The molecule has 0 unspecified atom stereocenters. The van der Waals surface area contributed by atoms with E-state index in [4.69, 9.17) is 0 Å². The SMILES string of the molecule is CC(C)CCn1nc(Br)cc1Br. The van der Waals surface area contributed by atoms with Crippen LogP contribution in [0.2, 0.25) is 0 Å². The number of hydrogen-bond donors (Lipinski definition) is 0. The minimum atomic E-state index is 0.722. The van der Waals surface area contributed by atoms with Crippen molar-refractivity contribution in [2.24, 2.45) is 5.92 Å². The minimum absolute atomic E-state index is 0.722. The molecule has 2 nitrogen and oxygen atoms in total. The van der Waals surface area contributed by atoms with Crippen molar-refractivity contribution in [3.63, 3.8) is 0 Å². The zero-order valence-electron chi connectivity index (χ0n) is 7.22. The van der Waals surface area contributed by atoms with Gasteiger partial charge in [0.2, 0.25) is 0 Å². The van der Waals surface area contributed by atoms with Crippen molar-refractivity contribution in [1.82, 2.24) is 9.78 Å². The van der Waals surface area contributed by atoms with E-state index in [1.807, 2.05) is 10.7 Å². The molecular weight excluding hydrogens is 284 g/mol. The van der Waals surface area contributed by atoms with Gasteiger partial charge in [0.25, 0.3) is 0 Å². The molecule has 0 fully saturated rings. The summed E-state index contributed by atoms with van der Waals surface area (Å²) < 4.78 is 3.89. The Bertz CT molecular complexity index is 256. The third-order valence-electron chi connectivity index (χ3n) is 1.62. The van der Waals surface area contributed by atoms with E-state index in [1.54, 1.807) is 0 Å². The fourth-order valence-electron chi connectivity index (χ4n) is 0.902. The van der Waals surface area contributed by atoms with Gasteiger partial charge in [0, 0.05) is 12.6 Å². The van der Waals surface area contributed by atoms with Crippen LogP contribution >= 0.6 is 31.9 Å². The Morgan fingerprint density at radius 1 is 1.50 bits per heavy atom. The number of aryl methyl sites for hydroxylation is 1. The van der Waals surface area contributed by atoms with E-state index in [9.17, 15) is 0 Å². The molecule has 1 rings (SSSR count). The summed E-state index contributed by atoms with van der Waals surface area (Å²) in [7, 11) is 0. The third kappa shape index (κ3) is 2.90. The molecule has 1 heterocycles. The largest absolute Gasteiger partial charge is 0.257 e. The highest BCUT2D eigenvalue weighted by Crippen LogP contribution is 2.17. The van der Waals surface area contributed by atoms with E-state index in [-0.39, 0.29) is 0 Å². The fourth-order valence-corrected chi connectivity index (χ4v) is 2.09. The molecule has 68 valence electrons. The second-order valence-corrected chi connectivity index (χ2v) is 4.82.